The van der Waals surface area contributed by atoms with E-state index in [1.54, 1.807) is 24.5 Å². The number of aryl methyl sites for hydroxylation is 1. The minimum Gasteiger partial charge on any atom is -0.438 e. The molecule has 0 spiro atoms. The van der Waals surface area contributed by atoms with Crippen molar-refractivity contribution in [3.63, 3.8) is 0 Å². The van der Waals surface area contributed by atoms with Crippen LogP contribution in [-0.4, -0.2) is 44.7 Å². The molecule has 1 saturated heterocycles. The van der Waals surface area contributed by atoms with Crippen molar-refractivity contribution in [2.24, 2.45) is 12.8 Å². The number of hydrogen-bond acceptors (Lipinski definition) is 7. The molecule has 4 unspecified atom stereocenters. The first-order valence-corrected chi connectivity index (χ1v) is 9.46. The molecule has 1 aliphatic rings. The Morgan fingerprint density at radius 2 is 1.75 bits per heavy atom. The van der Waals surface area contributed by atoms with Gasteiger partial charge in [-0.25, -0.2) is 32.2 Å². The number of nitriles is 1. The molecule has 1 fully saturated rings. The van der Waals surface area contributed by atoms with E-state index in [2.05, 4.69) is 15.1 Å². The van der Waals surface area contributed by atoms with Gasteiger partial charge in [0, 0.05) is 37.6 Å². The van der Waals surface area contributed by atoms with Gasteiger partial charge in [-0.3, -0.25) is 4.90 Å². The molecule has 12 heteroatoms. The summed E-state index contributed by atoms with van der Waals surface area (Å²) < 4.78 is 62.4. The summed E-state index contributed by atoms with van der Waals surface area (Å²) in [6.07, 6.45) is -7.25. The van der Waals surface area contributed by atoms with E-state index < -0.39 is 24.9 Å². The number of nitrogens with zero attached hydrogens (tertiary/aromatic N) is 6. The van der Waals surface area contributed by atoms with Crippen molar-refractivity contribution >= 4 is 5.82 Å². The molecular formula is C20H17F4N7O. The predicted molar refractivity (Wildman–Crippen MR) is 105 cm³/mol. The molecule has 0 radical (unpaired) electrons. The second-order valence-corrected chi connectivity index (χ2v) is 7.05. The van der Waals surface area contributed by atoms with E-state index in [1.807, 2.05) is 6.07 Å². The summed E-state index contributed by atoms with van der Waals surface area (Å²) in [5.74, 6) is 0.122. The van der Waals surface area contributed by atoms with Crippen molar-refractivity contribution in [1.82, 2.24) is 19.7 Å². The number of rotatable bonds is 5. The first-order chi connectivity index (χ1) is 15.3. The van der Waals surface area contributed by atoms with Gasteiger partial charge in [-0.05, 0) is 18.2 Å². The molecule has 2 N–H and O–H groups in total. The van der Waals surface area contributed by atoms with Crippen LogP contribution in [0.2, 0.25) is 0 Å². The van der Waals surface area contributed by atoms with Gasteiger partial charge in [0.25, 0.3) is 0 Å². The highest BCUT2D eigenvalue weighted by atomic mass is 19.2. The zero-order valence-electron chi connectivity index (χ0n) is 16.7. The largest absolute Gasteiger partial charge is 0.438 e. The fraction of sp³-hybridized carbons (Fsp3) is 0.300. The molecule has 0 aliphatic carbocycles. The molecule has 1 aliphatic heterocycles. The molecule has 0 amide bonds. The Labute approximate surface area is 179 Å². The Morgan fingerprint density at radius 1 is 1.09 bits per heavy atom. The Morgan fingerprint density at radius 3 is 2.34 bits per heavy atom. The molecule has 0 saturated carbocycles. The number of nitrogens with two attached hydrogens (primary N) is 1. The van der Waals surface area contributed by atoms with Crippen LogP contribution in [0.4, 0.5) is 23.4 Å². The van der Waals surface area contributed by atoms with Crippen LogP contribution in [0.5, 0.6) is 11.6 Å². The molecule has 3 heterocycles. The maximum Gasteiger partial charge on any atom is 0.219 e. The number of aromatic nitrogens is 4. The van der Waals surface area contributed by atoms with Crippen LogP contribution >= 0.6 is 0 Å². The highest BCUT2D eigenvalue weighted by molar-refractivity contribution is 5.66. The minimum absolute atomic E-state index is 0.00651. The highest BCUT2D eigenvalue weighted by Gasteiger charge is 2.52. The van der Waals surface area contributed by atoms with E-state index in [1.165, 1.54) is 13.1 Å². The van der Waals surface area contributed by atoms with Crippen LogP contribution in [0.1, 0.15) is 11.1 Å². The van der Waals surface area contributed by atoms with E-state index in [-0.39, 0.29) is 40.3 Å². The second kappa shape index (κ2) is 8.43. The average Bonchev–Trinajstić information content (AvgIpc) is 3.25. The van der Waals surface area contributed by atoms with Gasteiger partial charge in [0.1, 0.15) is 5.75 Å². The fourth-order valence-corrected chi connectivity index (χ4v) is 3.23. The summed E-state index contributed by atoms with van der Waals surface area (Å²) in [5, 5.41) is 13.2. The SMILES string of the molecule is Cn1nc(N2C(F)C(F)C(F)C2F)cc1Oc1cc(C#N)ccc1-c1ncc(CN)cn1. The Bertz CT molecular complexity index is 1150. The quantitative estimate of drug-likeness (QED) is 0.473. The number of anilines is 1. The lowest BCUT2D eigenvalue weighted by molar-refractivity contribution is 0.111. The van der Waals surface area contributed by atoms with E-state index in [9.17, 15) is 22.8 Å². The minimum atomic E-state index is -2.64. The first-order valence-electron chi connectivity index (χ1n) is 9.46. The zero-order chi connectivity index (χ0) is 23.0. The molecular weight excluding hydrogens is 430 g/mol. The van der Waals surface area contributed by atoms with Gasteiger partial charge in [-0.1, -0.05) is 0 Å². The van der Waals surface area contributed by atoms with Gasteiger partial charge in [0.05, 0.1) is 17.2 Å². The van der Waals surface area contributed by atoms with Crippen molar-refractivity contribution in [1.29, 1.82) is 5.26 Å². The van der Waals surface area contributed by atoms with Crippen molar-refractivity contribution in [3.8, 4) is 29.1 Å². The Kier molecular flexibility index (Phi) is 5.67. The number of halogens is 4. The normalized spacial score (nSPS) is 22.7. The summed E-state index contributed by atoms with van der Waals surface area (Å²) in [6.45, 7) is 0.260. The molecule has 32 heavy (non-hydrogen) atoms. The highest BCUT2D eigenvalue weighted by Crippen LogP contribution is 2.38. The molecule has 2 aromatic heterocycles. The van der Waals surface area contributed by atoms with Gasteiger partial charge in [-0.15, -0.1) is 0 Å². The number of hydrogen-bond donors (Lipinski definition) is 1. The fourth-order valence-electron chi connectivity index (χ4n) is 3.23. The monoisotopic (exact) mass is 447 g/mol. The van der Waals surface area contributed by atoms with Crippen LogP contribution in [0.15, 0.2) is 36.7 Å². The van der Waals surface area contributed by atoms with Crippen molar-refractivity contribution < 1.29 is 22.3 Å². The summed E-state index contributed by atoms with van der Waals surface area (Å²) in [6, 6.07) is 7.69. The Balaban J connectivity index is 1.69. The Hall–Kier alpha value is -3.72. The van der Waals surface area contributed by atoms with Crippen LogP contribution in [0.25, 0.3) is 11.4 Å². The number of ether oxygens (including phenoxy) is 1. The summed E-state index contributed by atoms with van der Waals surface area (Å²) >= 11 is 0. The second-order valence-electron chi connectivity index (χ2n) is 7.05. The standard InChI is InChI=1S/C20H17F4N7O/c1-30-15(5-14(29-30)31-18(23)16(21)17(22)19(31)24)32-13-4-10(6-25)2-3-12(13)20-27-8-11(7-26)9-28-20/h2-5,8-9,16-19H,7,26H2,1H3. The van der Waals surface area contributed by atoms with Gasteiger partial charge >= 0.3 is 0 Å². The van der Waals surface area contributed by atoms with Gasteiger partial charge in [0.2, 0.25) is 18.5 Å². The van der Waals surface area contributed by atoms with E-state index in [4.69, 9.17) is 10.5 Å². The third-order valence-corrected chi connectivity index (χ3v) is 4.96. The first kappa shape index (κ1) is 21.5. The predicted octanol–water partition coefficient (Wildman–Crippen LogP) is 3.09. The van der Waals surface area contributed by atoms with Crippen molar-refractivity contribution in [3.05, 3.63) is 47.8 Å². The smallest absolute Gasteiger partial charge is 0.219 e. The molecule has 8 nitrogen and oxygen atoms in total. The van der Waals surface area contributed by atoms with Crippen LogP contribution < -0.4 is 15.4 Å². The molecule has 4 atom stereocenters. The zero-order valence-corrected chi connectivity index (χ0v) is 16.7. The lowest BCUT2D eigenvalue weighted by Gasteiger charge is -2.19. The van der Waals surface area contributed by atoms with Crippen LogP contribution in [-0.2, 0) is 13.6 Å². The average molecular weight is 447 g/mol. The summed E-state index contributed by atoms with van der Waals surface area (Å²) in [7, 11) is 1.43. The topological polar surface area (TPSA) is 106 Å². The molecule has 4 rings (SSSR count). The maximum atomic E-state index is 14.1. The van der Waals surface area contributed by atoms with Crippen LogP contribution in [0, 0.1) is 11.3 Å². The molecule has 3 aromatic rings. The van der Waals surface area contributed by atoms with E-state index in [0.717, 1.165) is 10.7 Å². The van der Waals surface area contributed by atoms with Gasteiger partial charge in [-0.2, -0.15) is 10.4 Å². The molecule has 0 bridgehead atoms. The summed E-state index contributed by atoms with van der Waals surface area (Å²) in [5.41, 5.74) is 6.98. The molecule has 166 valence electrons. The third-order valence-electron chi connectivity index (χ3n) is 4.96. The van der Waals surface area contributed by atoms with Gasteiger partial charge in [0.15, 0.2) is 24.0 Å². The lowest BCUT2D eigenvalue weighted by atomic mass is 10.1. The summed E-state index contributed by atoms with van der Waals surface area (Å²) in [4.78, 5) is 8.76. The number of alkyl halides is 4. The third kappa shape index (κ3) is 3.71. The lowest BCUT2D eigenvalue weighted by Crippen LogP contribution is -2.34. The van der Waals surface area contributed by atoms with E-state index in [0.29, 0.717) is 11.1 Å². The van der Waals surface area contributed by atoms with Gasteiger partial charge < -0.3 is 10.5 Å². The maximum absolute atomic E-state index is 14.1. The van der Waals surface area contributed by atoms with Crippen LogP contribution in [0.3, 0.4) is 0 Å². The van der Waals surface area contributed by atoms with Crippen molar-refractivity contribution in [2.45, 2.75) is 31.5 Å². The molecule has 1 aromatic carbocycles. The van der Waals surface area contributed by atoms with E-state index >= 15 is 0 Å². The van der Waals surface area contributed by atoms with Crippen molar-refractivity contribution in [2.75, 3.05) is 4.90 Å². The number of benzene rings is 1.